The summed E-state index contributed by atoms with van der Waals surface area (Å²) in [6.07, 6.45) is 3.55. The van der Waals surface area contributed by atoms with E-state index in [-0.39, 0.29) is 25.8 Å². The van der Waals surface area contributed by atoms with Crippen LogP contribution in [0.1, 0.15) is 26.2 Å². The Balaban J connectivity index is 3.68. The maximum Gasteiger partial charge on any atom is 0.333 e. The Morgan fingerprint density at radius 3 is 2.50 bits per heavy atom. The van der Waals surface area contributed by atoms with Crippen molar-refractivity contribution < 1.29 is 19.7 Å². The van der Waals surface area contributed by atoms with E-state index in [1.807, 2.05) is 0 Å². The number of allylic oxidation sites excluding steroid dienone is 1. The Kier molecular flexibility index (Phi) is 8.17. The molecule has 0 aromatic carbocycles. The van der Waals surface area contributed by atoms with Crippen LogP contribution in [0.5, 0.6) is 0 Å². The second-order valence-corrected chi connectivity index (χ2v) is 2.97. The highest BCUT2D eigenvalue weighted by Crippen LogP contribution is 2.01. The van der Waals surface area contributed by atoms with Gasteiger partial charge in [-0.25, -0.2) is 4.79 Å². The van der Waals surface area contributed by atoms with Crippen molar-refractivity contribution >= 4 is 5.97 Å². The zero-order valence-electron chi connectivity index (χ0n) is 8.53. The lowest BCUT2D eigenvalue weighted by Gasteiger charge is -2.03. The van der Waals surface area contributed by atoms with E-state index in [0.29, 0.717) is 24.8 Å². The van der Waals surface area contributed by atoms with Crippen LogP contribution in [0.15, 0.2) is 11.6 Å². The first-order chi connectivity index (χ1) is 6.72. The van der Waals surface area contributed by atoms with Gasteiger partial charge in [0.2, 0.25) is 0 Å². The summed E-state index contributed by atoms with van der Waals surface area (Å²) in [6.45, 7) is 2.09. The summed E-state index contributed by atoms with van der Waals surface area (Å²) in [5.74, 6) is -0.351. The first kappa shape index (κ1) is 13.1. The predicted octanol–water partition coefficient (Wildman–Crippen LogP) is 0.631. The van der Waals surface area contributed by atoms with Crippen LogP contribution in [0.3, 0.4) is 0 Å². The summed E-state index contributed by atoms with van der Waals surface area (Å²) in [5, 5.41) is 17.0. The summed E-state index contributed by atoms with van der Waals surface area (Å²) in [4.78, 5) is 11.2. The van der Waals surface area contributed by atoms with Gasteiger partial charge >= 0.3 is 5.97 Å². The van der Waals surface area contributed by atoms with Crippen LogP contribution in [0.2, 0.25) is 0 Å². The van der Waals surface area contributed by atoms with Gasteiger partial charge in [0.25, 0.3) is 0 Å². The average Bonchev–Trinajstić information content (AvgIpc) is 2.18. The first-order valence-corrected chi connectivity index (χ1v) is 4.78. The van der Waals surface area contributed by atoms with Crippen LogP contribution in [0.4, 0.5) is 0 Å². The van der Waals surface area contributed by atoms with Crippen LogP contribution in [0, 0.1) is 0 Å². The van der Waals surface area contributed by atoms with Gasteiger partial charge in [-0.3, -0.25) is 0 Å². The summed E-state index contributed by atoms with van der Waals surface area (Å²) in [7, 11) is 0. The molecular weight excluding hydrogens is 184 g/mol. The Hall–Kier alpha value is -0.870. The molecule has 14 heavy (non-hydrogen) atoms. The van der Waals surface area contributed by atoms with Crippen LogP contribution in [0.25, 0.3) is 0 Å². The lowest BCUT2D eigenvalue weighted by atomic mass is 10.2. The molecule has 0 aromatic rings. The van der Waals surface area contributed by atoms with Crippen molar-refractivity contribution in [3.8, 4) is 0 Å². The van der Waals surface area contributed by atoms with Crippen molar-refractivity contribution in [2.24, 2.45) is 0 Å². The van der Waals surface area contributed by atoms with E-state index in [4.69, 9.17) is 14.9 Å². The minimum Gasteiger partial charge on any atom is -0.462 e. The minimum atomic E-state index is -0.351. The highest BCUT2D eigenvalue weighted by atomic mass is 16.5. The van der Waals surface area contributed by atoms with Crippen molar-refractivity contribution in [1.29, 1.82) is 0 Å². The van der Waals surface area contributed by atoms with Crippen molar-refractivity contribution in [3.63, 3.8) is 0 Å². The molecule has 0 amide bonds. The molecule has 82 valence electrons. The molecule has 2 N–H and O–H groups in total. The Labute approximate surface area is 84.2 Å². The second-order valence-electron chi connectivity index (χ2n) is 2.97. The number of aliphatic hydroxyl groups is 2. The minimum absolute atomic E-state index is 0.0283. The molecule has 0 saturated carbocycles. The summed E-state index contributed by atoms with van der Waals surface area (Å²) < 4.78 is 4.85. The SMILES string of the molecule is CC(=CCCCO)C(=O)OCCCO. The van der Waals surface area contributed by atoms with Gasteiger partial charge in [0.05, 0.1) is 6.61 Å². The molecule has 0 heterocycles. The molecule has 0 radical (unpaired) electrons. The summed E-state index contributed by atoms with van der Waals surface area (Å²) in [6, 6.07) is 0. The number of carbonyl (C=O) groups excluding carboxylic acids is 1. The normalized spacial score (nSPS) is 11.5. The molecule has 0 atom stereocenters. The van der Waals surface area contributed by atoms with Crippen LogP contribution >= 0.6 is 0 Å². The number of unbranched alkanes of at least 4 members (excludes halogenated alkanes) is 1. The molecule has 4 nitrogen and oxygen atoms in total. The van der Waals surface area contributed by atoms with Crippen LogP contribution in [-0.2, 0) is 9.53 Å². The molecule has 0 aliphatic heterocycles. The van der Waals surface area contributed by atoms with E-state index in [1.165, 1.54) is 0 Å². The largest absolute Gasteiger partial charge is 0.462 e. The highest BCUT2D eigenvalue weighted by molar-refractivity contribution is 5.87. The van der Waals surface area contributed by atoms with E-state index in [2.05, 4.69) is 0 Å². The lowest BCUT2D eigenvalue weighted by Crippen LogP contribution is -2.08. The van der Waals surface area contributed by atoms with Gasteiger partial charge < -0.3 is 14.9 Å². The fourth-order valence-corrected chi connectivity index (χ4v) is 0.836. The van der Waals surface area contributed by atoms with Crippen molar-refractivity contribution in [2.75, 3.05) is 19.8 Å². The van der Waals surface area contributed by atoms with Gasteiger partial charge in [-0.1, -0.05) is 6.08 Å². The van der Waals surface area contributed by atoms with Gasteiger partial charge in [-0.05, 0) is 19.8 Å². The highest BCUT2D eigenvalue weighted by Gasteiger charge is 2.03. The Morgan fingerprint density at radius 1 is 1.29 bits per heavy atom. The molecule has 0 aromatic heterocycles. The molecular formula is C10H18O4. The lowest BCUT2D eigenvalue weighted by molar-refractivity contribution is -0.139. The Bertz CT molecular complexity index is 187. The fourth-order valence-electron chi connectivity index (χ4n) is 0.836. The third-order valence-electron chi connectivity index (χ3n) is 1.67. The van der Waals surface area contributed by atoms with E-state index < -0.39 is 0 Å². The van der Waals surface area contributed by atoms with Crippen molar-refractivity contribution in [1.82, 2.24) is 0 Å². The number of esters is 1. The molecule has 0 aliphatic carbocycles. The van der Waals surface area contributed by atoms with Gasteiger partial charge in [0.1, 0.15) is 0 Å². The average molecular weight is 202 g/mol. The smallest absolute Gasteiger partial charge is 0.333 e. The number of hydrogen-bond donors (Lipinski definition) is 2. The molecule has 0 bridgehead atoms. The Morgan fingerprint density at radius 2 is 1.93 bits per heavy atom. The summed E-state index contributed by atoms with van der Waals surface area (Å²) in [5.41, 5.74) is 0.552. The molecule has 4 heteroatoms. The van der Waals surface area contributed by atoms with Crippen molar-refractivity contribution in [3.05, 3.63) is 11.6 Å². The number of hydrogen-bond acceptors (Lipinski definition) is 4. The van der Waals surface area contributed by atoms with E-state index in [0.717, 1.165) is 0 Å². The zero-order chi connectivity index (χ0) is 10.8. The monoisotopic (exact) mass is 202 g/mol. The van der Waals surface area contributed by atoms with E-state index in [1.54, 1.807) is 13.0 Å². The molecule has 0 saturated heterocycles. The maximum absolute atomic E-state index is 11.2. The van der Waals surface area contributed by atoms with Gasteiger partial charge in [0.15, 0.2) is 0 Å². The molecule has 0 unspecified atom stereocenters. The molecule has 0 rings (SSSR count). The fraction of sp³-hybridized carbons (Fsp3) is 0.700. The quantitative estimate of drug-likeness (QED) is 0.361. The zero-order valence-corrected chi connectivity index (χ0v) is 8.53. The number of rotatable bonds is 7. The topological polar surface area (TPSA) is 66.8 Å². The maximum atomic E-state index is 11.2. The molecule has 0 fully saturated rings. The number of aliphatic hydroxyl groups excluding tert-OH is 2. The standard InChI is InChI=1S/C10H18O4/c1-9(5-2-3-6-11)10(13)14-8-4-7-12/h5,11-12H,2-4,6-8H2,1H3. The third-order valence-corrected chi connectivity index (χ3v) is 1.67. The van der Waals surface area contributed by atoms with E-state index in [9.17, 15) is 4.79 Å². The third kappa shape index (κ3) is 6.62. The second kappa shape index (κ2) is 8.72. The predicted molar refractivity (Wildman–Crippen MR) is 52.7 cm³/mol. The van der Waals surface area contributed by atoms with Crippen molar-refractivity contribution in [2.45, 2.75) is 26.2 Å². The summed E-state index contributed by atoms with van der Waals surface area (Å²) >= 11 is 0. The van der Waals surface area contributed by atoms with Gasteiger partial charge in [0, 0.05) is 25.2 Å². The molecule has 0 spiro atoms. The number of ether oxygens (including phenoxy) is 1. The van der Waals surface area contributed by atoms with Gasteiger partial charge in [-0.15, -0.1) is 0 Å². The van der Waals surface area contributed by atoms with Crippen LogP contribution in [-0.4, -0.2) is 36.0 Å². The van der Waals surface area contributed by atoms with E-state index >= 15 is 0 Å². The molecule has 0 aliphatic rings. The van der Waals surface area contributed by atoms with Crippen LogP contribution < -0.4 is 0 Å². The first-order valence-electron chi connectivity index (χ1n) is 4.78. The number of carbonyl (C=O) groups is 1. The van der Waals surface area contributed by atoms with Gasteiger partial charge in [-0.2, -0.15) is 0 Å².